The van der Waals surface area contributed by atoms with Gasteiger partial charge in [0.25, 0.3) is 0 Å². The van der Waals surface area contributed by atoms with Crippen molar-refractivity contribution < 1.29 is 18.8 Å². The van der Waals surface area contributed by atoms with E-state index in [-0.39, 0.29) is 18.2 Å². The molecule has 120 valence electrons. The molecule has 1 saturated heterocycles. The second kappa shape index (κ2) is 6.49. The number of halogens is 1. The van der Waals surface area contributed by atoms with Gasteiger partial charge in [0.05, 0.1) is 24.7 Å². The number of benzene rings is 1. The van der Waals surface area contributed by atoms with E-state index in [4.69, 9.17) is 14.0 Å². The average Bonchev–Trinajstić information content (AvgIpc) is 2.65. The number of carbonyl (C=O) groups is 1. The van der Waals surface area contributed by atoms with Crippen molar-refractivity contribution in [2.24, 2.45) is 0 Å². The van der Waals surface area contributed by atoms with Gasteiger partial charge in [-0.3, -0.25) is 4.79 Å². The van der Waals surface area contributed by atoms with Crippen LogP contribution < -0.4 is 0 Å². The lowest BCUT2D eigenvalue weighted by Gasteiger charge is -2.32. The molecule has 0 N–H and O–H groups in total. The minimum Gasteiger partial charge on any atom is -0.469 e. The molecule has 22 heavy (non-hydrogen) atoms. The highest BCUT2D eigenvalue weighted by Gasteiger charge is 2.54. The molecule has 1 heterocycles. The maximum atomic E-state index is 11.8. The molecule has 4 nitrogen and oxygen atoms in total. The highest BCUT2D eigenvalue weighted by atomic mass is 127. The molecule has 1 fully saturated rings. The Kier molecular flexibility index (Phi) is 5.24. The van der Waals surface area contributed by atoms with Crippen molar-refractivity contribution in [1.82, 2.24) is 0 Å². The second-order valence-corrected chi connectivity index (χ2v) is 7.81. The largest absolute Gasteiger partial charge is 0.469 e. The third kappa shape index (κ3) is 3.66. The van der Waals surface area contributed by atoms with Crippen molar-refractivity contribution in [3.05, 3.63) is 33.4 Å². The van der Waals surface area contributed by atoms with E-state index in [0.29, 0.717) is 0 Å². The molecule has 1 aliphatic heterocycles. The maximum Gasteiger partial charge on any atom is 0.466 e. The first-order chi connectivity index (χ1) is 10.2. The third-order valence-electron chi connectivity index (χ3n) is 4.51. The predicted molar refractivity (Wildman–Crippen MR) is 94.6 cm³/mol. The number of carbonyl (C=O) groups excluding carboxylic acids is 1. The first-order valence-corrected chi connectivity index (χ1v) is 8.42. The minimum absolute atomic E-state index is 0.189. The quantitative estimate of drug-likeness (QED) is 0.428. The van der Waals surface area contributed by atoms with E-state index in [1.165, 1.54) is 7.11 Å². The molecule has 0 aromatic heterocycles. The Bertz CT molecular complexity index is 526. The summed E-state index contributed by atoms with van der Waals surface area (Å²) in [6, 6.07) is 8.07. The lowest BCUT2D eigenvalue weighted by Crippen LogP contribution is -2.41. The molecule has 1 atom stereocenters. The van der Waals surface area contributed by atoms with Gasteiger partial charge in [0.15, 0.2) is 0 Å². The molecular formula is C16H22BIO4. The Morgan fingerprint density at radius 2 is 1.68 bits per heavy atom. The van der Waals surface area contributed by atoms with E-state index in [2.05, 4.69) is 22.6 Å². The summed E-state index contributed by atoms with van der Waals surface area (Å²) in [6.07, 6.45) is 0.230. The molecule has 0 amide bonds. The molecule has 0 bridgehead atoms. The molecule has 1 aromatic rings. The van der Waals surface area contributed by atoms with Crippen molar-refractivity contribution in [3.63, 3.8) is 0 Å². The van der Waals surface area contributed by atoms with Crippen molar-refractivity contribution in [1.29, 1.82) is 0 Å². The molecule has 0 spiro atoms. The van der Waals surface area contributed by atoms with Crippen LogP contribution in [0, 0.1) is 3.57 Å². The zero-order valence-electron chi connectivity index (χ0n) is 13.7. The number of methoxy groups -OCH3 is 1. The van der Waals surface area contributed by atoms with Crippen LogP contribution in [0.5, 0.6) is 0 Å². The zero-order valence-corrected chi connectivity index (χ0v) is 15.8. The van der Waals surface area contributed by atoms with Gasteiger partial charge in [-0.15, -0.1) is 0 Å². The Morgan fingerprint density at radius 1 is 1.18 bits per heavy atom. The van der Waals surface area contributed by atoms with Gasteiger partial charge < -0.3 is 14.0 Å². The van der Waals surface area contributed by atoms with Crippen LogP contribution in [-0.2, 0) is 18.8 Å². The Hall–Kier alpha value is -0.595. The summed E-state index contributed by atoms with van der Waals surface area (Å²) in [4.78, 5) is 11.8. The van der Waals surface area contributed by atoms with Gasteiger partial charge in [-0.25, -0.2) is 0 Å². The van der Waals surface area contributed by atoms with Gasteiger partial charge in [0, 0.05) is 9.39 Å². The lowest BCUT2D eigenvalue weighted by molar-refractivity contribution is -0.140. The minimum atomic E-state index is -0.468. The number of esters is 1. The van der Waals surface area contributed by atoms with Crippen molar-refractivity contribution >= 4 is 35.7 Å². The molecule has 2 rings (SSSR count). The molecule has 1 aromatic carbocycles. The monoisotopic (exact) mass is 416 g/mol. The smallest absolute Gasteiger partial charge is 0.466 e. The second-order valence-electron chi connectivity index (χ2n) is 6.56. The highest BCUT2D eigenvalue weighted by molar-refractivity contribution is 14.1. The van der Waals surface area contributed by atoms with Crippen LogP contribution in [0.15, 0.2) is 24.3 Å². The summed E-state index contributed by atoms with van der Waals surface area (Å²) < 4.78 is 18.2. The number of hydrogen-bond donors (Lipinski definition) is 0. The van der Waals surface area contributed by atoms with Gasteiger partial charge in [-0.1, -0.05) is 12.1 Å². The molecule has 1 aliphatic rings. The fourth-order valence-corrected chi connectivity index (χ4v) is 2.76. The number of rotatable bonds is 4. The van der Waals surface area contributed by atoms with E-state index in [0.717, 1.165) is 9.13 Å². The van der Waals surface area contributed by atoms with Crippen molar-refractivity contribution in [2.75, 3.05) is 7.11 Å². The molecule has 0 saturated carbocycles. The van der Waals surface area contributed by atoms with Gasteiger partial charge in [0.1, 0.15) is 0 Å². The van der Waals surface area contributed by atoms with Crippen LogP contribution in [0.2, 0.25) is 0 Å². The van der Waals surface area contributed by atoms with E-state index >= 15 is 0 Å². The van der Waals surface area contributed by atoms with Crippen LogP contribution in [0.4, 0.5) is 0 Å². The van der Waals surface area contributed by atoms with Gasteiger partial charge in [0.2, 0.25) is 0 Å². The summed E-state index contributed by atoms with van der Waals surface area (Å²) >= 11 is 2.26. The Balaban J connectivity index is 2.29. The van der Waals surface area contributed by atoms with Gasteiger partial charge in [-0.05, 0) is 68.0 Å². The fraction of sp³-hybridized carbons (Fsp3) is 0.562. The van der Waals surface area contributed by atoms with Crippen LogP contribution >= 0.6 is 22.6 Å². The van der Waals surface area contributed by atoms with Gasteiger partial charge >= 0.3 is 13.1 Å². The first kappa shape index (κ1) is 17.8. The van der Waals surface area contributed by atoms with E-state index in [1.807, 2.05) is 52.0 Å². The topological polar surface area (TPSA) is 44.8 Å². The van der Waals surface area contributed by atoms with E-state index in [9.17, 15) is 4.79 Å². The standard InChI is InChI=1S/C16H22BIO4/c1-15(2)16(3,4)22-17(21-15)13(10-14(19)20-5)11-6-8-12(18)9-7-11/h6-9,13H,10H2,1-5H3. The van der Waals surface area contributed by atoms with E-state index in [1.54, 1.807) is 0 Å². The highest BCUT2D eigenvalue weighted by Crippen LogP contribution is 2.41. The number of hydrogen-bond acceptors (Lipinski definition) is 4. The average molecular weight is 416 g/mol. The fourth-order valence-electron chi connectivity index (χ4n) is 2.40. The van der Waals surface area contributed by atoms with Crippen LogP contribution in [0.25, 0.3) is 0 Å². The first-order valence-electron chi connectivity index (χ1n) is 7.34. The molecule has 1 unspecified atom stereocenters. The Labute approximate surface area is 146 Å². The van der Waals surface area contributed by atoms with Crippen LogP contribution in [-0.4, -0.2) is 31.4 Å². The molecule has 0 radical (unpaired) electrons. The zero-order chi connectivity index (χ0) is 16.5. The van der Waals surface area contributed by atoms with Crippen molar-refractivity contribution in [3.8, 4) is 0 Å². The summed E-state index contributed by atoms with van der Waals surface area (Å²) in [6.45, 7) is 8.04. The summed E-state index contributed by atoms with van der Waals surface area (Å²) in [7, 11) is 0.932. The SMILES string of the molecule is COC(=O)CC(B1OC(C)(C)C(C)(C)O1)c1ccc(I)cc1. The van der Waals surface area contributed by atoms with E-state index < -0.39 is 18.3 Å². The predicted octanol–water partition coefficient (Wildman–Crippen LogP) is 3.57. The molecular weight excluding hydrogens is 394 g/mol. The van der Waals surface area contributed by atoms with Gasteiger partial charge in [-0.2, -0.15) is 0 Å². The summed E-state index contributed by atoms with van der Waals surface area (Å²) in [5.41, 5.74) is 0.175. The van der Waals surface area contributed by atoms with Crippen LogP contribution in [0.3, 0.4) is 0 Å². The summed E-state index contributed by atoms with van der Waals surface area (Å²) in [5.74, 6) is -0.455. The maximum absolute atomic E-state index is 11.8. The molecule has 6 heteroatoms. The van der Waals surface area contributed by atoms with Crippen molar-refractivity contribution in [2.45, 2.75) is 51.1 Å². The summed E-state index contributed by atoms with van der Waals surface area (Å²) in [5, 5.41) is 0. The molecule has 0 aliphatic carbocycles. The Morgan fingerprint density at radius 3 is 2.14 bits per heavy atom. The third-order valence-corrected chi connectivity index (χ3v) is 5.23. The number of ether oxygens (including phenoxy) is 1. The lowest BCUT2D eigenvalue weighted by atomic mass is 9.66. The van der Waals surface area contributed by atoms with Crippen LogP contribution in [0.1, 0.15) is 45.5 Å². The normalized spacial score (nSPS) is 20.7.